The Morgan fingerprint density at radius 1 is 1.50 bits per heavy atom. The lowest BCUT2D eigenvalue weighted by Gasteiger charge is -2.18. The predicted octanol–water partition coefficient (Wildman–Crippen LogP) is 2.06. The molecule has 2 N–H and O–H groups in total. The summed E-state index contributed by atoms with van der Waals surface area (Å²) in [5.41, 5.74) is 0.854. The molecule has 0 aromatic carbocycles. The number of aliphatic hydroxyl groups is 1. The molecule has 1 heterocycles. The Kier molecular flexibility index (Phi) is 2.89. The molecule has 1 aliphatic rings. The first-order valence-electron chi connectivity index (χ1n) is 4.81. The van der Waals surface area contributed by atoms with Crippen molar-refractivity contribution in [1.29, 1.82) is 0 Å². The monoisotopic (exact) mass is 212 g/mol. The first kappa shape index (κ1) is 9.74. The van der Waals surface area contributed by atoms with Crippen LogP contribution in [0, 0.1) is 0 Å². The standard InChI is InChI=1S/C10H13ClN2O/c11-7-6-12-5-4-8(7)13-9-2-1-3-10(9)14/h4-6,9-10,14H,1-3H2,(H,12,13). The zero-order valence-electron chi connectivity index (χ0n) is 7.78. The fourth-order valence-corrected chi connectivity index (χ4v) is 1.97. The van der Waals surface area contributed by atoms with Crippen LogP contribution in [0.3, 0.4) is 0 Å². The fourth-order valence-electron chi connectivity index (χ4n) is 1.80. The Bertz CT molecular complexity index is 319. The molecule has 14 heavy (non-hydrogen) atoms. The highest BCUT2D eigenvalue weighted by Gasteiger charge is 2.25. The van der Waals surface area contributed by atoms with Crippen molar-refractivity contribution in [2.75, 3.05) is 5.32 Å². The van der Waals surface area contributed by atoms with Crippen molar-refractivity contribution in [3.8, 4) is 0 Å². The maximum absolute atomic E-state index is 9.62. The van der Waals surface area contributed by atoms with Gasteiger partial charge in [-0.1, -0.05) is 11.6 Å². The van der Waals surface area contributed by atoms with E-state index in [4.69, 9.17) is 11.6 Å². The molecule has 0 bridgehead atoms. The van der Waals surface area contributed by atoms with Crippen molar-refractivity contribution in [3.63, 3.8) is 0 Å². The fraction of sp³-hybridized carbons (Fsp3) is 0.500. The van der Waals surface area contributed by atoms with Gasteiger partial charge >= 0.3 is 0 Å². The van der Waals surface area contributed by atoms with Crippen LogP contribution in [0.25, 0.3) is 0 Å². The third kappa shape index (κ3) is 1.99. The van der Waals surface area contributed by atoms with E-state index in [2.05, 4.69) is 10.3 Å². The van der Waals surface area contributed by atoms with Gasteiger partial charge in [0.1, 0.15) is 0 Å². The molecule has 1 aromatic heterocycles. The first-order chi connectivity index (χ1) is 6.77. The van der Waals surface area contributed by atoms with E-state index in [0.717, 1.165) is 24.9 Å². The van der Waals surface area contributed by atoms with E-state index in [0.29, 0.717) is 5.02 Å². The molecule has 2 atom stereocenters. The minimum absolute atomic E-state index is 0.134. The predicted molar refractivity (Wildman–Crippen MR) is 56.5 cm³/mol. The molecule has 0 radical (unpaired) electrons. The second-order valence-electron chi connectivity index (χ2n) is 3.60. The second-order valence-corrected chi connectivity index (χ2v) is 4.01. The Balaban J connectivity index is 2.07. The number of hydrogen-bond donors (Lipinski definition) is 2. The zero-order valence-corrected chi connectivity index (χ0v) is 8.54. The van der Waals surface area contributed by atoms with Gasteiger partial charge in [0, 0.05) is 12.4 Å². The van der Waals surface area contributed by atoms with E-state index in [1.807, 2.05) is 6.07 Å². The summed E-state index contributed by atoms with van der Waals surface area (Å²) in [6.45, 7) is 0. The van der Waals surface area contributed by atoms with Gasteiger partial charge < -0.3 is 10.4 Å². The molecule has 1 aliphatic carbocycles. The number of rotatable bonds is 2. The van der Waals surface area contributed by atoms with Crippen LogP contribution in [0.15, 0.2) is 18.5 Å². The lowest BCUT2D eigenvalue weighted by Crippen LogP contribution is -2.27. The van der Waals surface area contributed by atoms with Crippen LogP contribution in [-0.4, -0.2) is 22.2 Å². The van der Waals surface area contributed by atoms with Gasteiger partial charge in [-0.2, -0.15) is 0 Å². The van der Waals surface area contributed by atoms with E-state index in [-0.39, 0.29) is 12.1 Å². The molecular weight excluding hydrogens is 200 g/mol. The van der Waals surface area contributed by atoms with Crippen LogP contribution >= 0.6 is 11.6 Å². The summed E-state index contributed by atoms with van der Waals surface area (Å²) >= 11 is 5.94. The lowest BCUT2D eigenvalue weighted by molar-refractivity contribution is 0.172. The van der Waals surface area contributed by atoms with Crippen molar-refractivity contribution in [1.82, 2.24) is 4.98 Å². The number of nitrogens with zero attached hydrogens (tertiary/aromatic N) is 1. The van der Waals surface area contributed by atoms with Gasteiger partial charge in [0.2, 0.25) is 0 Å². The summed E-state index contributed by atoms with van der Waals surface area (Å²) in [5, 5.41) is 13.5. The third-order valence-electron chi connectivity index (χ3n) is 2.59. The number of nitrogens with one attached hydrogen (secondary N) is 1. The molecule has 1 fully saturated rings. The van der Waals surface area contributed by atoms with E-state index in [1.165, 1.54) is 0 Å². The zero-order chi connectivity index (χ0) is 9.97. The highest BCUT2D eigenvalue weighted by Crippen LogP contribution is 2.26. The first-order valence-corrected chi connectivity index (χ1v) is 5.19. The van der Waals surface area contributed by atoms with Crippen molar-refractivity contribution in [2.24, 2.45) is 0 Å². The van der Waals surface area contributed by atoms with Crippen LogP contribution in [-0.2, 0) is 0 Å². The molecule has 0 aliphatic heterocycles. The lowest BCUT2D eigenvalue weighted by atomic mass is 10.2. The summed E-state index contributed by atoms with van der Waals surface area (Å²) in [7, 11) is 0. The molecule has 2 rings (SSSR count). The van der Waals surface area contributed by atoms with Crippen molar-refractivity contribution < 1.29 is 5.11 Å². The highest BCUT2D eigenvalue weighted by atomic mass is 35.5. The average Bonchev–Trinajstić information content (AvgIpc) is 2.56. The third-order valence-corrected chi connectivity index (χ3v) is 2.89. The Morgan fingerprint density at radius 3 is 3.00 bits per heavy atom. The number of hydrogen-bond acceptors (Lipinski definition) is 3. The van der Waals surface area contributed by atoms with Gasteiger partial charge in [-0.25, -0.2) is 0 Å². The van der Waals surface area contributed by atoms with Gasteiger partial charge in [0.15, 0.2) is 0 Å². The molecule has 3 nitrogen and oxygen atoms in total. The van der Waals surface area contributed by atoms with E-state index < -0.39 is 0 Å². The molecule has 2 unspecified atom stereocenters. The van der Waals surface area contributed by atoms with Crippen molar-refractivity contribution in [3.05, 3.63) is 23.5 Å². The second kappa shape index (κ2) is 4.15. The topological polar surface area (TPSA) is 45.1 Å². The number of aliphatic hydroxyl groups excluding tert-OH is 1. The Morgan fingerprint density at radius 2 is 2.36 bits per heavy atom. The Hall–Kier alpha value is -0.800. The molecule has 0 amide bonds. The van der Waals surface area contributed by atoms with Crippen LogP contribution in [0.2, 0.25) is 5.02 Å². The molecule has 1 saturated carbocycles. The van der Waals surface area contributed by atoms with E-state index in [1.54, 1.807) is 12.4 Å². The minimum Gasteiger partial charge on any atom is -0.391 e. The molecule has 76 valence electrons. The minimum atomic E-state index is -0.251. The van der Waals surface area contributed by atoms with Gasteiger partial charge in [0.05, 0.1) is 22.9 Å². The van der Waals surface area contributed by atoms with Gasteiger partial charge in [0.25, 0.3) is 0 Å². The summed E-state index contributed by atoms with van der Waals surface area (Å²) in [5.74, 6) is 0. The molecule has 1 aromatic rings. The van der Waals surface area contributed by atoms with Gasteiger partial charge in [-0.3, -0.25) is 4.98 Å². The SMILES string of the molecule is OC1CCCC1Nc1ccncc1Cl. The average molecular weight is 213 g/mol. The molecule has 0 saturated heterocycles. The van der Waals surface area contributed by atoms with Crippen molar-refractivity contribution in [2.45, 2.75) is 31.4 Å². The van der Waals surface area contributed by atoms with Crippen LogP contribution in [0.4, 0.5) is 5.69 Å². The van der Waals surface area contributed by atoms with E-state index in [9.17, 15) is 5.11 Å². The van der Waals surface area contributed by atoms with E-state index >= 15 is 0 Å². The van der Waals surface area contributed by atoms with Gasteiger partial charge in [-0.05, 0) is 25.3 Å². The maximum atomic E-state index is 9.62. The normalized spacial score (nSPS) is 26.4. The molecule has 0 spiro atoms. The van der Waals surface area contributed by atoms with Gasteiger partial charge in [-0.15, -0.1) is 0 Å². The van der Waals surface area contributed by atoms with Crippen molar-refractivity contribution >= 4 is 17.3 Å². The van der Waals surface area contributed by atoms with Crippen LogP contribution in [0.1, 0.15) is 19.3 Å². The number of aromatic nitrogens is 1. The largest absolute Gasteiger partial charge is 0.391 e. The number of halogens is 1. The maximum Gasteiger partial charge on any atom is 0.0820 e. The summed E-state index contributed by atoms with van der Waals surface area (Å²) in [4.78, 5) is 3.90. The van der Waals surface area contributed by atoms with Crippen LogP contribution < -0.4 is 5.32 Å². The van der Waals surface area contributed by atoms with Crippen LogP contribution in [0.5, 0.6) is 0 Å². The highest BCUT2D eigenvalue weighted by molar-refractivity contribution is 6.33. The quantitative estimate of drug-likeness (QED) is 0.789. The number of anilines is 1. The summed E-state index contributed by atoms with van der Waals surface area (Å²) in [6, 6.07) is 1.96. The molecular formula is C10H13ClN2O. The Labute approximate surface area is 88.1 Å². The summed E-state index contributed by atoms with van der Waals surface area (Å²) < 4.78 is 0. The number of pyridine rings is 1. The smallest absolute Gasteiger partial charge is 0.0820 e. The molecule has 4 heteroatoms. The summed E-state index contributed by atoms with van der Waals surface area (Å²) in [6.07, 6.45) is 5.99.